The highest BCUT2D eigenvalue weighted by Gasteiger charge is 2.55. The Kier molecular flexibility index (Phi) is 8.23. The molecule has 2 N–H and O–H groups in total. The quantitative estimate of drug-likeness (QED) is 0.344. The molecule has 0 spiro atoms. The average Bonchev–Trinajstić information content (AvgIpc) is 3.73. The van der Waals surface area contributed by atoms with Crippen LogP contribution in [0.3, 0.4) is 0 Å². The van der Waals surface area contributed by atoms with Crippen molar-refractivity contribution in [1.82, 2.24) is 29.7 Å². The smallest absolute Gasteiger partial charge is 0.260 e. The summed E-state index contributed by atoms with van der Waals surface area (Å²) in [7, 11) is -1.78. The summed E-state index contributed by atoms with van der Waals surface area (Å²) in [5.74, 6) is 0.185. The van der Waals surface area contributed by atoms with Crippen molar-refractivity contribution >= 4 is 38.6 Å². The van der Waals surface area contributed by atoms with Gasteiger partial charge in [-0.25, -0.2) is 13.4 Å². The van der Waals surface area contributed by atoms with Crippen LogP contribution >= 0.6 is 0 Å². The van der Waals surface area contributed by atoms with Crippen LogP contribution in [0.4, 0.5) is 5.82 Å². The molecule has 12 heteroatoms. The monoisotopic (exact) mass is 633 g/mol. The van der Waals surface area contributed by atoms with Gasteiger partial charge in [0.15, 0.2) is 0 Å². The van der Waals surface area contributed by atoms with Gasteiger partial charge in [-0.05, 0) is 82.3 Å². The van der Waals surface area contributed by atoms with E-state index in [4.69, 9.17) is 4.98 Å². The van der Waals surface area contributed by atoms with Gasteiger partial charge in [-0.3, -0.25) is 9.59 Å². The average molecular weight is 634 g/mol. The van der Waals surface area contributed by atoms with E-state index in [9.17, 15) is 18.0 Å². The zero-order chi connectivity index (χ0) is 32.1. The number of carbonyl (C=O) groups excluding carboxylic acids is 2. The fourth-order valence-corrected chi connectivity index (χ4v) is 8.79. The van der Waals surface area contributed by atoms with Crippen molar-refractivity contribution in [3.05, 3.63) is 54.4 Å². The Morgan fingerprint density at radius 3 is 2.51 bits per heavy atom. The van der Waals surface area contributed by atoms with E-state index in [1.807, 2.05) is 26.0 Å². The summed E-state index contributed by atoms with van der Waals surface area (Å²) in [6.45, 7) is 13.4. The fourth-order valence-electron chi connectivity index (χ4n) is 6.84. The van der Waals surface area contributed by atoms with E-state index >= 15 is 0 Å². The predicted molar refractivity (Wildman–Crippen MR) is 176 cm³/mol. The highest BCUT2D eigenvalue weighted by atomic mass is 32.2. The van der Waals surface area contributed by atoms with Gasteiger partial charge >= 0.3 is 0 Å². The van der Waals surface area contributed by atoms with Crippen molar-refractivity contribution in [2.24, 2.45) is 11.8 Å². The molecule has 4 heterocycles. The molecule has 3 fully saturated rings. The third kappa shape index (κ3) is 5.74. The van der Waals surface area contributed by atoms with Crippen LogP contribution < -0.4 is 15.5 Å². The Bertz CT molecular complexity index is 1740. The molecular formula is C33H43N7O4S. The molecule has 45 heavy (non-hydrogen) atoms. The molecule has 2 aromatic heterocycles. The van der Waals surface area contributed by atoms with E-state index in [0.717, 1.165) is 48.1 Å². The number of nitrogens with zero attached hydrogens (tertiary/aromatic N) is 5. The molecular weight excluding hydrogens is 590 g/mol. The van der Waals surface area contributed by atoms with Gasteiger partial charge in [0.1, 0.15) is 5.82 Å². The van der Waals surface area contributed by atoms with Gasteiger partial charge in [-0.15, -0.1) is 6.58 Å². The lowest BCUT2D eigenvalue weighted by Gasteiger charge is -2.33. The van der Waals surface area contributed by atoms with Crippen molar-refractivity contribution in [2.45, 2.75) is 57.2 Å². The van der Waals surface area contributed by atoms with Gasteiger partial charge in [0, 0.05) is 55.9 Å². The molecule has 2 saturated heterocycles. The van der Waals surface area contributed by atoms with Crippen LogP contribution in [0, 0.1) is 18.8 Å². The van der Waals surface area contributed by atoms with Gasteiger partial charge < -0.3 is 20.4 Å². The molecule has 240 valence electrons. The summed E-state index contributed by atoms with van der Waals surface area (Å²) < 4.78 is 28.2. The highest BCUT2D eigenvalue weighted by molar-refractivity contribution is 7.91. The van der Waals surface area contributed by atoms with Crippen LogP contribution in [0.2, 0.25) is 0 Å². The highest BCUT2D eigenvalue weighted by Crippen LogP contribution is 2.48. The largest absolute Gasteiger partial charge is 0.354 e. The number of hydrogen-bond donors (Lipinski definition) is 2. The molecule has 2 aliphatic heterocycles. The molecule has 1 aromatic carbocycles. The molecule has 3 unspecified atom stereocenters. The molecule has 1 saturated carbocycles. The van der Waals surface area contributed by atoms with Gasteiger partial charge in [0.2, 0.25) is 5.91 Å². The minimum atomic E-state index is -3.89. The normalized spacial score (nSPS) is 23.5. The summed E-state index contributed by atoms with van der Waals surface area (Å²) in [6.07, 6.45) is 5.65. The van der Waals surface area contributed by atoms with Crippen LogP contribution in [-0.2, 0) is 14.8 Å². The van der Waals surface area contributed by atoms with Crippen LogP contribution in [0.5, 0.6) is 0 Å². The number of allylic oxidation sites excluding steroid dienone is 1. The summed E-state index contributed by atoms with van der Waals surface area (Å²) >= 11 is 0. The number of hydrogen-bond acceptors (Lipinski definition) is 8. The number of benzene rings is 1. The zero-order valence-corrected chi connectivity index (χ0v) is 27.4. The van der Waals surface area contributed by atoms with Gasteiger partial charge in [0.05, 0.1) is 27.4 Å². The molecule has 0 bridgehead atoms. The maximum atomic E-state index is 14.0. The predicted octanol–water partition coefficient (Wildman–Crippen LogP) is 3.34. The zero-order valence-electron chi connectivity index (χ0n) is 26.5. The number of rotatable bonds is 9. The van der Waals surface area contributed by atoms with Crippen LogP contribution in [0.15, 0.2) is 43.1 Å². The molecule has 0 radical (unpaired) electrons. The Morgan fingerprint density at radius 2 is 1.89 bits per heavy atom. The lowest BCUT2D eigenvalue weighted by atomic mass is 9.84. The lowest BCUT2D eigenvalue weighted by Crippen LogP contribution is -2.50. The maximum absolute atomic E-state index is 14.0. The lowest BCUT2D eigenvalue weighted by molar-refractivity contribution is -0.129. The van der Waals surface area contributed by atoms with E-state index in [2.05, 4.69) is 39.2 Å². The number of amides is 2. The van der Waals surface area contributed by atoms with E-state index < -0.39 is 14.8 Å². The Hall–Kier alpha value is -3.77. The van der Waals surface area contributed by atoms with Crippen molar-refractivity contribution < 1.29 is 18.0 Å². The standard InChI is InChI=1S/C33H43N7O4S/c1-6-9-33(10-11-33)45(43,44)40-28-18-25(24-7-8-29(34-19-24)39-14-12-38(5)13-15-39)17-26(30(28)23(4)37-40)31(41)35-20-27-21(2)16-22(3)36-32(27)42/h6-8,17-19,21-22,27H,1,9-16,20H2,2-5H3,(H,35,41)(H,36,42). The molecule has 1 aliphatic carbocycles. The summed E-state index contributed by atoms with van der Waals surface area (Å²) in [5.41, 5.74) is 2.53. The Balaban J connectivity index is 1.40. The first kappa shape index (κ1) is 31.2. The number of carbonyl (C=O) groups is 2. The molecule has 6 rings (SSSR count). The molecule has 3 atom stereocenters. The van der Waals surface area contributed by atoms with Gasteiger partial charge in [0.25, 0.3) is 15.9 Å². The third-order valence-electron chi connectivity index (χ3n) is 9.80. The van der Waals surface area contributed by atoms with Crippen LogP contribution in [0.1, 0.15) is 55.6 Å². The minimum Gasteiger partial charge on any atom is -0.354 e. The summed E-state index contributed by atoms with van der Waals surface area (Å²) in [4.78, 5) is 35.9. The maximum Gasteiger partial charge on any atom is 0.260 e. The van der Waals surface area contributed by atoms with E-state index in [0.29, 0.717) is 47.0 Å². The summed E-state index contributed by atoms with van der Waals surface area (Å²) in [6, 6.07) is 7.59. The number of fused-ring (bicyclic) bond motifs is 1. The second kappa shape index (κ2) is 11.9. The number of nitrogens with one attached hydrogen (secondary N) is 2. The minimum absolute atomic E-state index is 0.0704. The Morgan fingerprint density at radius 1 is 1.16 bits per heavy atom. The van der Waals surface area contributed by atoms with Gasteiger partial charge in [-0.1, -0.05) is 13.0 Å². The fraction of sp³-hybridized carbons (Fsp3) is 0.515. The number of piperazine rings is 1. The third-order valence-corrected chi connectivity index (χ3v) is 12.2. The number of aromatic nitrogens is 3. The number of pyridine rings is 1. The van der Waals surface area contributed by atoms with Crippen molar-refractivity contribution in [3.63, 3.8) is 0 Å². The second-order valence-electron chi connectivity index (χ2n) is 13.2. The topological polar surface area (TPSA) is 130 Å². The second-order valence-corrected chi connectivity index (χ2v) is 15.3. The molecule has 2 amide bonds. The van der Waals surface area contributed by atoms with E-state index in [1.165, 1.54) is 0 Å². The molecule has 3 aliphatic rings. The molecule has 3 aromatic rings. The first-order chi connectivity index (χ1) is 21.4. The summed E-state index contributed by atoms with van der Waals surface area (Å²) in [5, 5.41) is 11.0. The van der Waals surface area contributed by atoms with Crippen molar-refractivity contribution in [2.75, 3.05) is 44.7 Å². The van der Waals surface area contributed by atoms with E-state index in [1.54, 1.807) is 31.3 Å². The first-order valence-electron chi connectivity index (χ1n) is 15.8. The van der Waals surface area contributed by atoms with Crippen molar-refractivity contribution in [1.29, 1.82) is 0 Å². The molecule has 11 nitrogen and oxygen atoms in total. The van der Waals surface area contributed by atoms with Crippen LogP contribution in [-0.4, -0.2) is 89.9 Å². The van der Waals surface area contributed by atoms with Gasteiger partial charge in [-0.2, -0.15) is 9.19 Å². The van der Waals surface area contributed by atoms with Crippen LogP contribution in [0.25, 0.3) is 22.0 Å². The van der Waals surface area contributed by atoms with E-state index in [-0.39, 0.29) is 36.2 Å². The van der Waals surface area contributed by atoms with Crippen molar-refractivity contribution in [3.8, 4) is 11.1 Å². The Labute approximate surface area is 265 Å². The number of piperidine rings is 1. The number of anilines is 1. The number of likely N-dealkylation sites (N-methyl/N-ethyl adjacent to an activating group) is 1. The first-order valence-corrected chi connectivity index (χ1v) is 17.3. The SMILES string of the molecule is C=CCC1(S(=O)(=O)n2nc(C)c3c(C(=O)NCC4C(=O)NC(C)CC4C)cc(-c4ccc(N5CCN(C)CC5)nc4)cc32)CC1. The number of aryl methyl sites for hydroxylation is 1.